The first-order chi connectivity index (χ1) is 13.9. The Morgan fingerprint density at radius 2 is 2.07 bits per heavy atom. The van der Waals surface area contributed by atoms with Gasteiger partial charge in [0, 0.05) is 6.54 Å². The smallest absolute Gasteiger partial charge is 0.348 e. The van der Waals surface area contributed by atoms with E-state index in [1.165, 1.54) is 7.11 Å². The SMILES string of the molecule is COC(=O)c1sc2nc(CN3Cc4ccccc4CC3C(N)=O)[nH]c(=O)c2c1C. The van der Waals surface area contributed by atoms with Crippen molar-refractivity contribution in [2.24, 2.45) is 5.73 Å². The van der Waals surface area contributed by atoms with E-state index in [1.54, 1.807) is 6.92 Å². The van der Waals surface area contributed by atoms with E-state index in [2.05, 4.69) is 9.97 Å². The number of ether oxygens (including phenoxy) is 1. The fraction of sp³-hybridized carbons (Fsp3) is 0.300. The number of aromatic amines is 1. The van der Waals surface area contributed by atoms with Crippen LogP contribution in [0.15, 0.2) is 29.1 Å². The van der Waals surface area contributed by atoms with Crippen molar-refractivity contribution in [2.45, 2.75) is 32.5 Å². The third-order valence-corrected chi connectivity index (χ3v) is 6.41. The fourth-order valence-electron chi connectivity index (χ4n) is 3.77. The third kappa shape index (κ3) is 3.43. The Labute approximate surface area is 170 Å². The lowest BCUT2D eigenvalue weighted by atomic mass is 9.93. The number of nitrogens with one attached hydrogen (secondary N) is 1. The first-order valence-electron chi connectivity index (χ1n) is 9.09. The molecule has 0 fully saturated rings. The van der Waals surface area contributed by atoms with E-state index < -0.39 is 17.9 Å². The van der Waals surface area contributed by atoms with E-state index in [-0.39, 0.29) is 12.1 Å². The first kappa shape index (κ1) is 19.3. The first-order valence-corrected chi connectivity index (χ1v) is 9.91. The lowest BCUT2D eigenvalue weighted by Gasteiger charge is -2.34. The number of rotatable bonds is 4. The highest BCUT2D eigenvalue weighted by Gasteiger charge is 2.30. The van der Waals surface area contributed by atoms with Crippen molar-refractivity contribution in [3.8, 4) is 0 Å². The van der Waals surface area contributed by atoms with Gasteiger partial charge in [-0.2, -0.15) is 0 Å². The molecule has 3 N–H and O–H groups in total. The van der Waals surface area contributed by atoms with Crippen molar-refractivity contribution in [2.75, 3.05) is 7.11 Å². The molecule has 4 rings (SSSR count). The van der Waals surface area contributed by atoms with Gasteiger partial charge in [0.15, 0.2) is 0 Å². The van der Waals surface area contributed by atoms with Crippen LogP contribution in [0.3, 0.4) is 0 Å². The second kappa shape index (κ2) is 7.41. The van der Waals surface area contributed by atoms with Crippen LogP contribution in [0.1, 0.15) is 32.2 Å². The van der Waals surface area contributed by atoms with Crippen molar-refractivity contribution in [1.82, 2.24) is 14.9 Å². The Bertz CT molecular complexity index is 1180. The molecule has 1 aromatic carbocycles. The normalized spacial score (nSPS) is 16.6. The number of aryl methyl sites for hydroxylation is 1. The largest absolute Gasteiger partial charge is 0.465 e. The van der Waals surface area contributed by atoms with Gasteiger partial charge in [-0.15, -0.1) is 11.3 Å². The summed E-state index contributed by atoms with van der Waals surface area (Å²) in [4.78, 5) is 46.7. The number of amides is 1. The zero-order valence-electron chi connectivity index (χ0n) is 16.0. The number of H-pyrrole nitrogens is 1. The summed E-state index contributed by atoms with van der Waals surface area (Å²) < 4.78 is 4.78. The molecular weight excluding hydrogens is 392 g/mol. The van der Waals surface area contributed by atoms with Crippen LogP contribution in [0.2, 0.25) is 0 Å². The van der Waals surface area contributed by atoms with E-state index in [4.69, 9.17) is 10.5 Å². The predicted octanol–water partition coefficient (Wildman–Crippen LogP) is 1.49. The van der Waals surface area contributed by atoms with Gasteiger partial charge in [0.05, 0.1) is 25.1 Å². The van der Waals surface area contributed by atoms with Gasteiger partial charge in [0.25, 0.3) is 5.56 Å². The van der Waals surface area contributed by atoms with Gasteiger partial charge in [0.1, 0.15) is 15.5 Å². The summed E-state index contributed by atoms with van der Waals surface area (Å²) in [7, 11) is 1.30. The number of carbonyl (C=O) groups is 2. The number of esters is 1. The standard InChI is InChI=1S/C20H20N4O4S/c1-10-15-18(26)22-14(23-19(15)29-16(10)20(27)28-2)9-24-8-12-6-4-3-5-11(12)7-13(24)17(21)25/h3-6,13H,7-9H2,1-2H3,(H2,21,25)(H,22,23,26). The average molecular weight is 412 g/mol. The molecule has 150 valence electrons. The lowest BCUT2D eigenvalue weighted by Crippen LogP contribution is -2.48. The van der Waals surface area contributed by atoms with Crippen LogP contribution in [0.5, 0.6) is 0 Å². The summed E-state index contributed by atoms with van der Waals surface area (Å²) >= 11 is 1.13. The Kier molecular flexibility index (Phi) is 4.93. The number of nitrogens with zero attached hydrogens (tertiary/aromatic N) is 2. The van der Waals surface area contributed by atoms with Crippen LogP contribution >= 0.6 is 11.3 Å². The van der Waals surface area contributed by atoms with E-state index in [0.717, 1.165) is 22.5 Å². The van der Waals surface area contributed by atoms with Gasteiger partial charge in [0.2, 0.25) is 5.91 Å². The van der Waals surface area contributed by atoms with Crippen molar-refractivity contribution < 1.29 is 14.3 Å². The van der Waals surface area contributed by atoms with Gasteiger partial charge in [-0.1, -0.05) is 24.3 Å². The molecule has 3 heterocycles. The van der Waals surface area contributed by atoms with E-state index in [0.29, 0.717) is 39.4 Å². The maximum absolute atomic E-state index is 12.6. The van der Waals surface area contributed by atoms with E-state index in [9.17, 15) is 14.4 Å². The topological polar surface area (TPSA) is 118 Å². The van der Waals surface area contributed by atoms with Crippen molar-refractivity contribution in [3.63, 3.8) is 0 Å². The molecule has 0 spiro atoms. The molecule has 0 bridgehead atoms. The number of hydrogen-bond donors (Lipinski definition) is 2. The second-order valence-electron chi connectivity index (χ2n) is 7.04. The number of carbonyl (C=O) groups excluding carboxylic acids is 2. The van der Waals surface area contributed by atoms with Crippen LogP contribution in [-0.2, 0) is 29.0 Å². The monoisotopic (exact) mass is 412 g/mol. The molecule has 1 amide bonds. The Hall–Kier alpha value is -3.04. The number of aromatic nitrogens is 2. The molecule has 1 atom stereocenters. The predicted molar refractivity (Wildman–Crippen MR) is 109 cm³/mol. The molecule has 8 nitrogen and oxygen atoms in total. The number of hydrogen-bond acceptors (Lipinski definition) is 7. The molecule has 0 aliphatic carbocycles. The maximum atomic E-state index is 12.6. The molecule has 29 heavy (non-hydrogen) atoms. The highest BCUT2D eigenvalue weighted by Crippen LogP contribution is 2.28. The molecule has 1 aliphatic heterocycles. The summed E-state index contributed by atoms with van der Waals surface area (Å²) in [5, 5.41) is 0.384. The van der Waals surface area contributed by atoms with E-state index in [1.807, 2.05) is 29.2 Å². The van der Waals surface area contributed by atoms with Crippen LogP contribution < -0.4 is 11.3 Å². The zero-order chi connectivity index (χ0) is 20.7. The summed E-state index contributed by atoms with van der Waals surface area (Å²) in [6.45, 7) is 2.49. The number of methoxy groups -OCH3 is 1. The van der Waals surface area contributed by atoms with Gasteiger partial charge < -0.3 is 15.5 Å². The molecule has 0 saturated carbocycles. The minimum Gasteiger partial charge on any atom is -0.465 e. The lowest BCUT2D eigenvalue weighted by molar-refractivity contribution is -0.124. The van der Waals surface area contributed by atoms with Crippen LogP contribution in [0.4, 0.5) is 0 Å². The van der Waals surface area contributed by atoms with Gasteiger partial charge >= 0.3 is 5.97 Å². The average Bonchev–Trinajstić information content (AvgIpc) is 3.03. The summed E-state index contributed by atoms with van der Waals surface area (Å²) in [5.41, 5.74) is 8.09. The van der Waals surface area contributed by atoms with Crippen molar-refractivity contribution in [3.05, 3.63) is 62.0 Å². The third-order valence-electron chi connectivity index (χ3n) is 5.25. The second-order valence-corrected chi connectivity index (χ2v) is 8.04. The minimum absolute atomic E-state index is 0.262. The number of fused-ring (bicyclic) bond motifs is 2. The molecular formula is C20H20N4O4S. The number of nitrogens with two attached hydrogens (primary N) is 1. The van der Waals surface area contributed by atoms with Gasteiger partial charge in [-0.3, -0.25) is 14.5 Å². The van der Waals surface area contributed by atoms with Crippen molar-refractivity contribution >= 4 is 33.4 Å². The maximum Gasteiger partial charge on any atom is 0.348 e. The summed E-state index contributed by atoms with van der Waals surface area (Å²) in [6, 6.07) is 7.43. The number of thiophene rings is 1. The van der Waals surface area contributed by atoms with E-state index >= 15 is 0 Å². The quantitative estimate of drug-likeness (QED) is 0.627. The molecule has 0 saturated heterocycles. The van der Waals surface area contributed by atoms with Gasteiger partial charge in [-0.25, -0.2) is 9.78 Å². The fourth-order valence-corrected chi connectivity index (χ4v) is 4.89. The highest BCUT2D eigenvalue weighted by atomic mass is 32.1. The van der Waals surface area contributed by atoms with Crippen LogP contribution in [-0.4, -0.2) is 39.9 Å². The number of benzene rings is 1. The molecule has 0 radical (unpaired) electrons. The summed E-state index contributed by atoms with van der Waals surface area (Å²) in [6.07, 6.45) is 0.516. The number of primary amides is 1. The molecule has 1 aliphatic rings. The Balaban J connectivity index is 1.71. The molecule has 3 aromatic rings. The molecule has 1 unspecified atom stereocenters. The van der Waals surface area contributed by atoms with Gasteiger partial charge in [-0.05, 0) is 30.0 Å². The summed E-state index contributed by atoms with van der Waals surface area (Å²) in [5.74, 6) is -0.485. The van der Waals surface area contributed by atoms with Crippen LogP contribution in [0, 0.1) is 6.92 Å². The molecule has 2 aromatic heterocycles. The Morgan fingerprint density at radius 3 is 2.76 bits per heavy atom. The minimum atomic E-state index is -0.493. The molecule has 9 heteroatoms. The highest BCUT2D eigenvalue weighted by molar-refractivity contribution is 7.20. The van der Waals surface area contributed by atoms with Crippen molar-refractivity contribution in [1.29, 1.82) is 0 Å². The Morgan fingerprint density at radius 1 is 1.34 bits per heavy atom. The zero-order valence-corrected chi connectivity index (χ0v) is 16.8. The van der Waals surface area contributed by atoms with Crippen LogP contribution in [0.25, 0.3) is 10.2 Å².